The van der Waals surface area contributed by atoms with E-state index in [4.69, 9.17) is 0 Å². The summed E-state index contributed by atoms with van der Waals surface area (Å²) < 4.78 is 13.7. The highest BCUT2D eigenvalue weighted by Gasteiger charge is 2.78. The molecule has 4 amide bonds. The molecule has 0 aliphatic carbocycles. The van der Waals surface area contributed by atoms with Crippen LogP contribution in [0.15, 0.2) is 103 Å². The smallest absolute Gasteiger partial charge is 0.247 e. The first-order valence-corrected chi connectivity index (χ1v) is 17.6. The van der Waals surface area contributed by atoms with Crippen molar-refractivity contribution in [3.8, 4) is 0 Å². The number of benzene rings is 4. The molecule has 11 heteroatoms. The summed E-state index contributed by atoms with van der Waals surface area (Å²) in [4.78, 5) is 61.0. The van der Waals surface area contributed by atoms with Gasteiger partial charge in [-0.05, 0) is 59.4 Å². The van der Waals surface area contributed by atoms with Crippen molar-refractivity contribution in [2.45, 2.75) is 73.0 Å². The van der Waals surface area contributed by atoms with Gasteiger partial charge in [0.25, 0.3) is 0 Å². The molecule has 0 spiro atoms. The van der Waals surface area contributed by atoms with E-state index in [0.717, 1.165) is 33.6 Å². The van der Waals surface area contributed by atoms with Crippen LogP contribution >= 0.6 is 0 Å². The number of carbonyl (C=O) groups is 4. The summed E-state index contributed by atoms with van der Waals surface area (Å²) in [6, 6.07) is 28.4. The molecule has 0 bridgehead atoms. The first-order valence-electron chi connectivity index (χ1n) is 17.6. The molecule has 6 aliphatic heterocycles. The number of piperazine rings is 2. The molecule has 4 N–H and O–H groups in total. The van der Waals surface area contributed by atoms with Gasteiger partial charge in [-0.2, -0.15) is 0 Å². The number of nitrogens with zero attached hydrogens (tertiary/aromatic N) is 2. The van der Waals surface area contributed by atoms with Crippen LogP contribution in [0.1, 0.15) is 35.1 Å². The third-order valence-electron chi connectivity index (χ3n) is 12.4. The number of para-hydroxylation sites is 2. The van der Waals surface area contributed by atoms with Gasteiger partial charge in [0.2, 0.25) is 23.6 Å². The van der Waals surface area contributed by atoms with E-state index in [1.54, 1.807) is 21.9 Å². The topological polar surface area (TPSA) is 123 Å². The van der Waals surface area contributed by atoms with Crippen molar-refractivity contribution >= 4 is 35.0 Å². The number of anilines is 2. The molecule has 0 aromatic heterocycles. The van der Waals surface area contributed by atoms with Gasteiger partial charge in [-0.3, -0.25) is 19.2 Å². The molecule has 10 rings (SSSR count). The highest BCUT2D eigenvalue weighted by atomic mass is 19.1. The summed E-state index contributed by atoms with van der Waals surface area (Å²) in [5, 5.41) is 13.4. The van der Waals surface area contributed by atoms with E-state index in [-0.39, 0.29) is 35.9 Å². The fraction of sp³-hybridized carbons (Fsp3) is 0.300. The van der Waals surface area contributed by atoms with E-state index in [2.05, 4.69) is 33.4 Å². The van der Waals surface area contributed by atoms with E-state index in [1.165, 1.54) is 12.1 Å². The molecule has 256 valence electrons. The van der Waals surface area contributed by atoms with Crippen molar-refractivity contribution in [2.24, 2.45) is 0 Å². The Kier molecular flexibility index (Phi) is 6.29. The normalized spacial score (nSPS) is 32.5. The van der Waals surface area contributed by atoms with Gasteiger partial charge in [0.1, 0.15) is 42.3 Å². The second-order valence-corrected chi connectivity index (χ2v) is 14.7. The van der Waals surface area contributed by atoms with Crippen LogP contribution in [0.25, 0.3) is 0 Å². The number of amides is 4. The van der Waals surface area contributed by atoms with Crippen molar-refractivity contribution in [3.05, 3.63) is 131 Å². The Balaban J connectivity index is 1.12. The molecule has 0 saturated carbocycles. The Morgan fingerprint density at radius 3 is 1.47 bits per heavy atom. The Labute approximate surface area is 293 Å². The van der Waals surface area contributed by atoms with Crippen molar-refractivity contribution in [2.75, 3.05) is 10.6 Å². The van der Waals surface area contributed by atoms with Crippen LogP contribution in [0.2, 0.25) is 0 Å². The molecule has 51 heavy (non-hydrogen) atoms. The second-order valence-electron chi connectivity index (χ2n) is 14.7. The molecule has 4 aromatic rings. The molecule has 6 aliphatic rings. The Hall–Kier alpha value is -5.71. The van der Waals surface area contributed by atoms with Crippen molar-refractivity contribution in [1.29, 1.82) is 0 Å². The van der Waals surface area contributed by atoms with Gasteiger partial charge >= 0.3 is 0 Å². The second kappa shape index (κ2) is 10.6. The zero-order valence-corrected chi connectivity index (χ0v) is 27.5. The quantitative estimate of drug-likeness (QED) is 0.257. The summed E-state index contributed by atoms with van der Waals surface area (Å²) in [6.07, 6.45) is -0.102. The predicted octanol–water partition coefficient (Wildman–Crippen LogP) is 3.19. The SMILES string of the molecule is O=C1N[C@@H](Cc2ccc(F)cc2)C(=O)N2C3Nc4ccccc4[C@]3([C@]34C[C@H]5C(=O)N[C@@H](Cc6ccccc6)C(=O)N5[C@H]3Nc3ccccc34)C[C@@H]12. The third kappa shape index (κ3) is 3.97. The van der Waals surface area contributed by atoms with Gasteiger partial charge in [0.15, 0.2) is 0 Å². The van der Waals surface area contributed by atoms with E-state index in [9.17, 15) is 23.6 Å². The predicted molar refractivity (Wildman–Crippen MR) is 186 cm³/mol. The molecule has 10 nitrogen and oxygen atoms in total. The van der Waals surface area contributed by atoms with Crippen LogP contribution in [0.4, 0.5) is 15.8 Å². The summed E-state index contributed by atoms with van der Waals surface area (Å²) >= 11 is 0. The summed E-state index contributed by atoms with van der Waals surface area (Å²) in [5.74, 6) is -1.22. The minimum atomic E-state index is -0.914. The maximum Gasteiger partial charge on any atom is 0.247 e. The summed E-state index contributed by atoms with van der Waals surface area (Å²) in [6.45, 7) is 0. The van der Waals surface area contributed by atoms with Crippen LogP contribution in [-0.2, 0) is 42.8 Å². The van der Waals surface area contributed by atoms with E-state index in [0.29, 0.717) is 19.3 Å². The van der Waals surface area contributed by atoms with Gasteiger partial charge in [0.05, 0.1) is 10.8 Å². The average Bonchev–Trinajstić information content (AvgIpc) is 3.85. The minimum Gasteiger partial charge on any atom is -0.364 e. The van der Waals surface area contributed by atoms with Crippen molar-refractivity contribution in [1.82, 2.24) is 20.4 Å². The average molecular weight is 683 g/mol. The molecule has 6 heterocycles. The zero-order valence-electron chi connectivity index (χ0n) is 27.5. The molecule has 4 fully saturated rings. The zero-order chi connectivity index (χ0) is 34.6. The molecule has 1 unspecified atom stereocenters. The van der Waals surface area contributed by atoms with Gasteiger partial charge in [-0.25, -0.2) is 4.39 Å². The fourth-order valence-corrected chi connectivity index (χ4v) is 10.4. The number of hydrogen-bond donors (Lipinski definition) is 4. The van der Waals surface area contributed by atoms with Crippen LogP contribution in [-0.4, -0.2) is 69.9 Å². The van der Waals surface area contributed by atoms with Gasteiger partial charge in [0, 0.05) is 24.2 Å². The van der Waals surface area contributed by atoms with E-state index < -0.39 is 47.3 Å². The maximum atomic E-state index is 14.6. The highest BCUT2D eigenvalue weighted by Crippen LogP contribution is 2.68. The number of fused-ring (bicyclic) bond motifs is 11. The lowest BCUT2D eigenvalue weighted by atomic mass is 9.54. The number of hydrogen-bond acceptors (Lipinski definition) is 6. The summed E-state index contributed by atoms with van der Waals surface area (Å²) in [5.41, 5.74) is 3.50. The first kappa shape index (κ1) is 30.1. The summed E-state index contributed by atoms with van der Waals surface area (Å²) in [7, 11) is 0. The number of rotatable bonds is 5. The molecular formula is C40H35FN6O4. The van der Waals surface area contributed by atoms with E-state index in [1.807, 2.05) is 66.7 Å². The third-order valence-corrected chi connectivity index (χ3v) is 12.4. The molecule has 4 aromatic carbocycles. The van der Waals surface area contributed by atoms with Gasteiger partial charge < -0.3 is 31.1 Å². The van der Waals surface area contributed by atoms with Crippen LogP contribution in [0.5, 0.6) is 0 Å². The molecule has 8 atom stereocenters. The minimum absolute atomic E-state index is 0.160. The first-order chi connectivity index (χ1) is 24.8. The van der Waals surface area contributed by atoms with Crippen molar-refractivity contribution < 1.29 is 23.6 Å². The number of nitrogens with one attached hydrogen (secondary N) is 4. The Morgan fingerprint density at radius 1 is 0.549 bits per heavy atom. The van der Waals surface area contributed by atoms with Crippen LogP contribution in [0, 0.1) is 5.82 Å². The van der Waals surface area contributed by atoms with Crippen LogP contribution < -0.4 is 21.3 Å². The molecule has 0 radical (unpaired) electrons. The van der Waals surface area contributed by atoms with E-state index >= 15 is 0 Å². The van der Waals surface area contributed by atoms with Crippen LogP contribution in [0.3, 0.4) is 0 Å². The Morgan fingerprint density at radius 2 is 0.980 bits per heavy atom. The lowest BCUT2D eigenvalue weighted by molar-refractivity contribution is -0.149. The van der Waals surface area contributed by atoms with Crippen molar-refractivity contribution in [3.63, 3.8) is 0 Å². The molecule has 4 saturated heterocycles. The largest absolute Gasteiger partial charge is 0.364 e. The number of carbonyl (C=O) groups excluding carboxylic acids is 4. The lowest BCUT2D eigenvalue weighted by Gasteiger charge is -2.48. The molecular weight excluding hydrogens is 647 g/mol. The maximum absolute atomic E-state index is 14.6. The highest BCUT2D eigenvalue weighted by molar-refractivity contribution is 6.01. The Bertz CT molecular complexity index is 2150. The number of halogens is 1. The van der Waals surface area contributed by atoms with Gasteiger partial charge in [-0.1, -0.05) is 78.9 Å². The van der Waals surface area contributed by atoms with Gasteiger partial charge in [-0.15, -0.1) is 0 Å². The monoisotopic (exact) mass is 682 g/mol. The lowest BCUT2D eigenvalue weighted by Crippen LogP contribution is -2.67. The fourth-order valence-electron chi connectivity index (χ4n) is 10.4. The standard InChI is InChI=1S/C40H35FN6O4/c41-24-16-14-23(15-17-24)19-30-36(51)47-32(34(49)43-30)21-40(26-11-5-7-13-28(26)45-38(40)47)39-20-31-33(48)42-29(18-22-8-2-1-3-9-22)35(50)46(31)37(39)44-27-12-6-4-10-25(27)39/h1-17,29-32,37-38,44-45H,18-21H2,(H,42,48)(H,43,49)/t29-,30-,31-,32-,37+,38?,39-,40+/m0/s1.